The van der Waals surface area contributed by atoms with Crippen LogP contribution >= 0.6 is 0 Å². The highest BCUT2D eigenvalue weighted by atomic mass is 16.5. The summed E-state index contributed by atoms with van der Waals surface area (Å²) in [6, 6.07) is 1.44. The minimum atomic E-state index is 0.287. The van der Waals surface area contributed by atoms with Gasteiger partial charge in [0.05, 0.1) is 17.8 Å². The van der Waals surface area contributed by atoms with Crippen molar-refractivity contribution in [2.75, 3.05) is 0 Å². The van der Waals surface area contributed by atoms with Crippen molar-refractivity contribution < 1.29 is 5.21 Å². The van der Waals surface area contributed by atoms with Crippen molar-refractivity contribution in [3.63, 3.8) is 0 Å². The van der Waals surface area contributed by atoms with Crippen molar-refractivity contribution >= 4 is 0 Å². The number of aromatic nitrogens is 2. The van der Waals surface area contributed by atoms with E-state index in [1.54, 1.807) is 0 Å². The second-order valence-corrected chi connectivity index (χ2v) is 1.34. The van der Waals surface area contributed by atoms with Crippen LogP contribution in [0.1, 0.15) is 0 Å². The molecule has 8 heavy (non-hydrogen) atoms. The first-order valence-electron chi connectivity index (χ1n) is 2.08. The maximum Gasteiger partial charge on any atom is 0.0759 e. The molecule has 0 bridgehead atoms. The molecule has 0 aromatic carbocycles. The van der Waals surface area contributed by atoms with Crippen LogP contribution in [0.25, 0.3) is 0 Å². The van der Waals surface area contributed by atoms with E-state index < -0.39 is 0 Å². The van der Waals surface area contributed by atoms with E-state index in [2.05, 4.69) is 5.10 Å². The average Bonchev–Trinajstić information content (AvgIpc) is 1.77. The molecule has 1 aromatic rings. The second kappa shape index (κ2) is 1.65. The Labute approximate surface area is 45.5 Å². The lowest BCUT2D eigenvalue weighted by Crippen LogP contribution is -2.05. The predicted molar refractivity (Wildman–Crippen MR) is 25.3 cm³/mol. The Balaban J connectivity index is 3.22. The topological polar surface area (TPSA) is 61.9 Å². The van der Waals surface area contributed by atoms with Gasteiger partial charge in [0.2, 0.25) is 0 Å². The third-order valence-electron chi connectivity index (χ3n) is 0.703. The summed E-state index contributed by atoms with van der Waals surface area (Å²) in [7, 11) is 0. The molecule has 1 aromatic heterocycles. The Kier molecular flexibility index (Phi) is 0.997. The van der Waals surface area contributed by atoms with Crippen LogP contribution in [0.2, 0.25) is 0 Å². The van der Waals surface area contributed by atoms with E-state index >= 15 is 0 Å². The van der Waals surface area contributed by atoms with Crippen molar-refractivity contribution in [2.45, 2.75) is 0 Å². The smallest absolute Gasteiger partial charge is 0.0759 e. The number of nitrogens with zero attached hydrogens (tertiary/aromatic N) is 2. The summed E-state index contributed by atoms with van der Waals surface area (Å²) < 4.78 is 0. The van der Waals surface area contributed by atoms with Crippen molar-refractivity contribution in [1.82, 2.24) is 9.94 Å². The molecule has 0 aliphatic carbocycles. The van der Waals surface area contributed by atoms with Crippen LogP contribution in [-0.4, -0.2) is 15.2 Å². The molecule has 0 saturated carbocycles. The number of nitrogens with one attached hydrogen (secondary N) is 1. The minimum Gasteiger partial charge on any atom is -0.412 e. The zero-order valence-electron chi connectivity index (χ0n) is 4.07. The quantitative estimate of drug-likeness (QED) is 0.447. The fourth-order valence-electron chi connectivity index (χ4n) is 0.350. The van der Waals surface area contributed by atoms with Gasteiger partial charge in [-0.3, -0.25) is 5.41 Å². The third kappa shape index (κ3) is 0.841. The molecule has 0 fully saturated rings. The van der Waals surface area contributed by atoms with E-state index in [0.29, 0.717) is 4.85 Å². The van der Waals surface area contributed by atoms with Gasteiger partial charge in [0.25, 0.3) is 0 Å². The van der Waals surface area contributed by atoms with E-state index in [4.69, 9.17) is 10.6 Å². The van der Waals surface area contributed by atoms with E-state index in [1.807, 2.05) is 0 Å². The molecule has 1 rings (SSSR count). The summed E-state index contributed by atoms with van der Waals surface area (Å²) in [5.41, 5.74) is 0. The lowest BCUT2D eigenvalue weighted by atomic mass is 10.6. The number of hydrogen-bond donors (Lipinski definition) is 2. The van der Waals surface area contributed by atoms with Crippen LogP contribution in [0.15, 0.2) is 18.5 Å². The summed E-state index contributed by atoms with van der Waals surface area (Å²) in [6.45, 7) is 0. The molecule has 42 valence electrons. The van der Waals surface area contributed by atoms with Crippen LogP contribution in [0.4, 0.5) is 0 Å². The van der Waals surface area contributed by atoms with Gasteiger partial charge in [-0.05, 0) is 6.07 Å². The van der Waals surface area contributed by atoms with Gasteiger partial charge in [0, 0.05) is 0 Å². The van der Waals surface area contributed by atoms with Gasteiger partial charge < -0.3 is 5.21 Å². The summed E-state index contributed by atoms with van der Waals surface area (Å²) >= 11 is 0. The summed E-state index contributed by atoms with van der Waals surface area (Å²) in [6.07, 6.45) is 2.54. The molecule has 0 radical (unpaired) electrons. The van der Waals surface area contributed by atoms with E-state index in [-0.39, 0.29) is 5.36 Å². The lowest BCUT2D eigenvalue weighted by molar-refractivity contribution is 0.143. The maximum absolute atomic E-state index is 8.48. The first-order chi connectivity index (χ1) is 3.79. The third-order valence-corrected chi connectivity index (χ3v) is 0.703. The Morgan fingerprint density at radius 2 is 2.50 bits per heavy atom. The normalized spacial score (nSPS) is 9.00. The van der Waals surface area contributed by atoms with Crippen molar-refractivity contribution in [1.29, 1.82) is 5.41 Å². The first-order valence-corrected chi connectivity index (χ1v) is 2.08. The Morgan fingerprint density at radius 3 is 2.88 bits per heavy atom. The molecule has 1 heterocycles. The molecule has 0 spiro atoms. The molecule has 4 nitrogen and oxygen atoms in total. The second-order valence-electron chi connectivity index (χ2n) is 1.34. The van der Waals surface area contributed by atoms with Crippen LogP contribution in [0.3, 0.4) is 0 Å². The standard InChI is InChI=1S/C4H5N3O/c5-4-1-2-7(8)6-3-4/h1-3,5,8H. The Hall–Kier alpha value is -1.32. The van der Waals surface area contributed by atoms with E-state index in [0.717, 1.165) is 0 Å². The van der Waals surface area contributed by atoms with Gasteiger partial charge in [0.15, 0.2) is 0 Å². The van der Waals surface area contributed by atoms with Gasteiger partial charge in [0.1, 0.15) is 0 Å². The molecule has 0 aliphatic rings. The molecular formula is C4H5N3O. The van der Waals surface area contributed by atoms with Gasteiger partial charge in [-0.2, -0.15) is 0 Å². The number of rotatable bonds is 0. The minimum absolute atomic E-state index is 0.287. The van der Waals surface area contributed by atoms with Crippen molar-refractivity contribution in [3.8, 4) is 0 Å². The average molecular weight is 111 g/mol. The Morgan fingerprint density at radius 1 is 1.75 bits per heavy atom. The van der Waals surface area contributed by atoms with Gasteiger partial charge in [-0.1, -0.05) is 0 Å². The zero-order valence-corrected chi connectivity index (χ0v) is 4.07. The molecule has 2 N–H and O–H groups in total. The number of hydrogen-bond acceptors (Lipinski definition) is 3. The summed E-state index contributed by atoms with van der Waals surface area (Å²) in [5, 5.41) is 19.0. The highest BCUT2D eigenvalue weighted by Crippen LogP contribution is 1.65. The predicted octanol–water partition coefficient (Wildman–Crippen LogP) is -0.400. The Bertz CT molecular complexity index is 208. The monoisotopic (exact) mass is 111 g/mol. The molecule has 4 heteroatoms. The largest absolute Gasteiger partial charge is 0.412 e. The summed E-state index contributed by atoms with van der Waals surface area (Å²) in [4.78, 5) is 0.651. The molecule has 0 atom stereocenters. The van der Waals surface area contributed by atoms with Crippen LogP contribution in [0, 0.1) is 5.41 Å². The van der Waals surface area contributed by atoms with Crippen molar-refractivity contribution in [3.05, 3.63) is 23.8 Å². The van der Waals surface area contributed by atoms with E-state index in [1.165, 1.54) is 18.5 Å². The van der Waals surface area contributed by atoms with E-state index in [9.17, 15) is 0 Å². The molecule has 0 amide bonds. The van der Waals surface area contributed by atoms with Gasteiger partial charge in [-0.25, -0.2) is 0 Å². The maximum atomic E-state index is 8.48. The highest BCUT2D eigenvalue weighted by molar-refractivity contribution is 4.79. The van der Waals surface area contributed by atoms with Crippen LogP contribution in [0.5, 0.6) is 0 Å². The molecule has 0 unspecified atom stereocenters. The lowest BCUT2D eigenvalue weighted by Gasteiger charge is -1.88. The van der Waals surface area contributed by atoms with Crippen molar-refractivity contribution in [2.24, 2.45) is 0 Å². The van der Waals surface area contributed by atoms with Crippen LogP contribution < -0.4 is 5.36 Å². The highest BCUT2D eigenvalue weighted by Gasteiger charge is 1.76. The molecular weight excluding hydrogens is 106 g/mol. The zero-order chi connectivity index (χ0) is 5.98. The van der Waals surface area contributed by atoms with Crippen LogP contribution in [-0.2, 0) is 0 Å². The summed E-state index contributed by atoms with van der Waals surface area (Å²) in [5.74, 6) is 0. The fourth-order valence-corrected chi connectivity index (χ4v) is 0.350. The van der Waals surface area contributed by atoms with Gasteiger partial charge >= 0.3 is 0 Å². The fraction of sp³-hybridized carbons (Fsp3) is 0. The molecule has 0 saturated heterocycles. The van der Waals surface area contributed by atoms with Gasteiger partial charge in [-0.15, -0.1) is 9.94 Å². The first kappa shape index (κ1) is 4.83. The molecule has 0 aliphatic heterocycles. The SMILES string of the molecule is N=c1ccn(O)nc1.